The molecule has 2 aromatic rings. The van der Waals surface area contributed by atoms with E-state index < -0.39 is 0 Å². The third-order valence-corrected chi connectivity index (χ3v) is 3.36. The van der Waals surface area contributed by atoms with E-state index >= 15 is 0 Å². The third-order valence-electron chi connectivity index (χ3n) is 3.36. The number of Topliss-reactive ketones (excluding diaryl/α,β-unsaturated/α-hetero) is 1. The van der Waals surface area contributed by atoms with Crippen molar-refractivity contribution in [2.45, 2.75) is 12.8 Å². The first-order valence-corrected chi connectivity index (χ1v) is 6.80. The molecule has 0 radical (unpaired) electrons. The zero-order valence-corrected chi connectivity index (χ0v) is 11.2. The van der Waals surface area contributed by atoms with E-state index in [4.69, 9.17) is 9.47 Å². The number of carbonyl (C=O) groups excluding carboxylic acids is 1. The first kappa shape index (κ1) is 12.7. The molecule has 102 valence electrons. The van der Waals surface area contributed by atoms with E-state index in [0.717, 1.165) is 29.0 Å². The van der Waals surface area contributed by atoms with E-state index in [1.54, 1.807) is 0 Å². The number of benzene rings is 2. The first-order chi connectivity index (χ1) is 9.83. The highest BCUT2D eigenvalue weighted by Crippen LogP contribution is 2.26. The van der Waals surface area contributed by atoms with Crippen LogP contribution < -0.4 is 9.47 Å². The molecule has 0 aromatic heterocycles. The van der Waals surface area contributed by atoms with Crippen LogP contribution in [0.1, 0.15) is 22.3 Å². The van der Waals surface area contributed by atoms with E-state index in [2.05, 4.69) is 0 Å². The van der Waals surface area contributed by atoms with Crippen LogP contribution in [-0.2, 0) is 6.42 Å². The summed E-state index contributed by atoms with van der Waals surface area (Å²) in [5.74, 6) is 1.88. The van der Waals surface area contributed by atoms with Gasteiger partial charge in [0.25, 0.3) is 0 Å². The largest absolute Gasteiger partial charge is 0.490 e. The fraction of sp³-hybridized carbons (Fsp3) is 0.235. The Bertz CT molecular complexity index is 605. The maximum absolute atomic E-state index is 11.5. The van der Waals surface area contributed by atoms with Crippen LogP contribution in [0.2, 0.25) is 0 Å². The fourth-order valence-corrected chi connectivity index (χ4v) is 2.36. The van der Waals surface area contributed by atoms with Crippen LogP contribution in [-0.4, -0.2) is 19.0 Å². The average molecular weight is 268 g/mol. The third kappa shape index (κ3) is 2.82. The molecule has 0 aliphatic heterocycles. The van der Waals surface area contributed by atoms with Gasteiger partial charge in [0.15, 0.2) is 5.78 Å². The maximum atomic E-state index is 11.5. The average Bonchev–Trinajstić information content (AvgIpc) is 2.86. The highest BCUT2D eigenvalue weighted by atomic mass is 16.5. The second-order valence-electron chi connectivity index (χ2n) is 4.75. The topological polar surface area (TPSA) is 35.5 Å². The number of carbonyl (C=O) groups is 1. The molecule has 0 amide bonds. The Hall–Kier alpha value is -2.29. The lowest BCUT2D eigenvalue weighted by Gasteiger charge is -2.09. The van der Waals surface area contributed by atoms with Gasteiger partial charge in [0.05, 0.1) is 0 Å². The summed E-state index contributed by atoms with van der Waals surface area (Å²) < 4.78 is 11.2. The second kappa shape index (κ2) is 5.78. The van der Waals surface area contributed by atoms with Gasteiger partial charge in [-0.05, 0) is 42.3 Å². The summed E-state index contributed by atoms with van der Waals surface area (Å²) >= 11 is 0. The predicted molar refractivity (Wildman–Crippen MR) is 76.5 cm³/mol. The van der Waals surface area contributed by atoms with Crippen molar-refractivity contribution < 1.29 is 14.3 Å². The Morgan fingerprint density at radius 1 is 0.850 bits per heavy atom. The van der Waals surface area contributed by atoms with Crippen molar-refractivity contribution in [1.82, 2.24) is 0 Å². The number of hydrogen-bond donors (Lipinski definition) is 0. The molecule has 0 saturated carbocycles. The lowest BCUT2D eigenvalue weighted by molar-refractivity contribution is 0.0994. The van der Waals surface area contributed by atoms with Gasteiger partial charge in [-0.15, -0.1) is 0 Å². The molecule has 20 heavy (non-hydrogen) atoms. The van der Waals surface area contributed by atoms with Gasteiger partial charge in [-0.25, -0.2) is 0 Å². The number of rotatable bonds is 5. The minimum Gasteiger partial charge on any atom is -0.490 e. The minimum atomic E-state index is 0.235. The van der Waals surface area contributed by atoms with Crippen molar-refractivity contribution in [2.24, 2.45) is 0 Å². The zero-order valence-electron chi connectivity index (χ0n) is 11.2. The van der Waals surface area contributed by atoms with Gasteiger partial charge in [0, 0.05) is 12.0 Å². The van der Waals surface area contributed by atoms with Gasteiger partial charge in [0.2, 0.25) is 0 Å². The zero-order chi connectivity index (χ0) is 13.8. The smallest absolute Gasteiger partial charge is 0.163 e. The van der Waals surface area contributed by atoms with Crippen LogP contribution in [0.15, 0.2) is 48.5 Å². The Kier molecular flexibility index (Phi) is 3.68. The lowest BCUT2D eigenvalue weighted by atomic mass is 10.1. The standard InChI is InChI=1S/C17H16O3/c18-17-9-6-13-12-15(7-8-16(13)17)20-11-10-19-14-4-2-1-3-5-14/h1-5,7-8,12H,6,9-11H2. The van der Waals surface area contributed by atoms with Crippen LogP contribution >= 0.6 is 0 Å². The number of ether oxygens (including phenoxy) is 2. The molecule has 0 heterocycles. The van der Waals surface area contributed by atoms with Crippen molar-refractivity contribution in [3.8, 4) is 11.5 Å². The summed E-state index contributed by atoms with van der Waals surface area (Å²) in [5.41, 5.74) is 1.94. The lowest BCUT2D eigenvalue weighted by Crippen LogP contribution is -2.09. The van der Waals surface area contributed by atoms with Crippen molar-refractivity contribution in [3.63, 3.8) is 0 Å². The second-order valence-corrected chi connectivity index (χ2v) is 4.75. The van der Waals surface area contributed by atoms with Crippen LogP contribution in [0.3, 0.4) is 0 Å². The molecule has 0 spiro atoms. The fourth-order valence-electron chi connectivity index (χ4n) is 2.36. The Labute approximate surface area is 118 Å². The number of aryl methyl sites for hydroxylation is 1. The van der Waals surface area contributed by atoms with Gasteiger partial charge in [0.1, 0.15) is 24.7 Å². The quantitative estimate of drug-likeness (QED) is 0.781. The van der Waals surface area contributed by atoms with Gasteiger partial charge < -0.3 is 9.47 Å². The van der Waals surface area contributed by atoms with E-state index in [0.29, 0.717) is 19.6 Å². The summed E-state index contributed by atoms with van der Waals surface area (Å²) in [4.78, 5) is 11.5. The Morgan fingerprint density at radius 2 is 1.60 bits per heavy atom. The van der Waals surface area contributed by atoms with E-state index in [9.17, 15) is 4.79 Å². The van der Waals surface area contributed by atoms with Gasteiger partial charge in [-0.1, -0.05) is 18.2 Å². The van der Waals surface area contributed by atoms with Crippen molar-refractivity contribution in [3.05, 3.63) is 59.7 Å². The normalized spacial score (nSPS) is 13.1. The summed E-state index contributed by atoms with van der Waals surface area (Å²) in [5, 5.41) is 0. The van der Waals surface area contributed by atoms with Crippen LogP contribution in [0.25, 0.3) is 0 Å². The molecule has 3 nitrogen and oxygen atoms in total. The molecule has 1 aliphatic rings. The summed E-state index contributed by atoms with van der Waals surface area (Å²) in [6.07, 6.45) is 1.45. The minimum absolute atomic E-state index is 0.235. The molecule has 0 fully saturated rings. The molecular formula is C17H16O3. The maximum Gasteiger partial charge on any atom is 0.163 e. The summed E-state index contributed by atoms with van der Waals surface area (Å²) in [6.45, 7) is 0.988. The van der Waals surface area contributed by atoms with Gasteiger partial charge >= 0.3 is 0 Å². The number of fused-ring (bicyclic) bond motifs is 1. The van der Waals surface area contributed by atoms with Crippen LogP contribution in [0, 0.1) is 0 Å². The van der Waals surface area contributed by atoms with Crippen LogP contribution in [0.5, 0.6) is 11.5 Å². The van der Waals surface area contributed by atoms with E-state index in [1.165, 1.54) is 0 Å². The SMILES string of the molecule is O=C1CCc2cc(OCCOc3ccccc3)ccc21. The molecule has 1 aliphatic carbocycles. The number of hydrogen-bond acceptors (Lipinski definition) is 3. The molecule has 0 bridgehead atoms. The molecular weight excluding hydrogens is 252 g/mol. The first-order valence-electron chi connectivity index (χ1n) is 6.80. The summed E-state index contributed by atoms with van der Waals surface area (Å²) in [7, 11) is 0. The van der Waals surface area contributed by atoms with Gasteiger partial charge in [-0.3, -0.25) is 4.79 Å². The summed E-state index contributed by atoms with van der Waals surface area (Å²) in [6, 6.07) is 15.3. The Balaban J connectivity index is 1.51. The van der Waals surface area contributed by atoms with Crippen molar-refractivity contribution in [1.29, 1.82) is 0 Å². The van der Waals surface area contributed by atoms with Crippen molar-refractivity contribution in [2.75, 3.05) is 13.2 Å². The molecule has 0 saturated heterocycles. The molecule has 3 heteroatoms. The highest BCUT2D eigenvalue weighted by molar-refractivity contribution is 6.00. The van der Waals surface area contributed by atoms with Crippen LogP contribution in [0.4, 0.5) is 0 Å². The molecule has 0 unspecified atom stereocenters. The van der Waals surface area contributed by atoms with E-state index in [-0.39, 0.29) is 5.78 Å². The highest BCUT2D eigenvalue weighted by Gasteiger charge is 2.19. The van der Waals surface area contributed by atoms with Crippen molar-refractivity contribution >= 4 is 5.78 Å². The van der Waals surface area contributed by atoms with Gasteiger partial charge in [-0.2, -0.15) is 0 Å². The van der Waals surface area contributed by atoms with E-state index in [1.807, 2.05) is 48.5 Å². The Morgan fingerprint density at radius 3 is 2.40 bits per heavy atom. The predicted octanol–water partition coefficient (Wildman–Crippen LogP) is 3.27. The molecule has 0 N–H and O–H groups in total. The number of para-hydroxylation sites is 1. The molecule has 3 rings (SSSR count). The molecule has 0 atom stereocenters. The molecule has 2 aromatic carbocycles. The monoisotopic (exact) mass is 268 g/mol. The number of ketones is 1.